The fraction of sp³-hybridized carbons (Fsp3) is 0.500. The first-order valence-corrected chi connectivity index (χ1v) is 6.75. The van der Waals surface area contributed by atoms with Crippen molar-refractivity contribution in [1.82, 2.24) is 5.32 Å². The summed E-state index contributed by atoms with van der Waals surface area (Å²) in [5.74, 6) is -0.0468. The van der Waals surface area contributed by atoms with Gasteiger partial charge in [0.2, 0.25) is 0 Å². The highest BCUT2D eigenvalue weighted by molar-refractivity contribution is 7.90. The molecule has 0 aliphatic heterocycles. The molecule has 0 heterocycles. The summed E-state index contributed by atoms with van der Waals surface area (Å²) < 4.78 is 31.7. The smallest absolute Gasteiger partial charge is 0.296 e. The topological polar surface area (TPSA) is 115 Å². The lowest BCUT2D eigenvalue weighted by atomic mass is 9.96. The highest BCUT2D eigenvalue weighted by atomic mass is 32.2. The Morgan fingerprint density at radius 1 is 1.50 bits per heavy atom. The molecule has 8 heteroatoms. The van der Waals surface area contributed by atoms with Gasteiger partial charge in [-0.1, -0.05) is 13.0 Å². The Hall–Kier alpha value is -1.38. The lowest BCUT2D eigenvalue weighted by Crippen LogP contribution is -2.32. The van der Waals surface area contributed by atoms with Crippen LogP contribution in [0.25, 0.3) is 0 Å². The molecule has 0 saturated heterocycles. The SMILES string of the molecule is CNC1C=C(S(=O)(=O)O)C(N=NC(C)=N)=CC1C. The van der Waals surface area contributed by atoms with Crippen molar-refractivity contribution in [2.24, 2.45) is 16.1 Å². The standard InChI is InChI=1S/C10H16N4O3S/c1-6-4-9(14-13-7(2)11)10(18(15,16)17)5-8(6)12-3/h4-6,8,11-12H,1-3H3,(H,15,16,17). The van der Waals surface area contributed by atoms with E-state index in [1.54, 1.807) is 13.1 Å². The summed E-state index contributed by atoms with van der Waals surface area (Å²) in [4.78, 5) is -0.287. The van der Waals surface area contributed by atoms with E-state index in [2.05, 4.69) is 15.5 Å². The van der Waals surface area contributed by atoms with Crippen molar-refractivity contribution in [2.75, 3.05) is 7.05 Å². The van der Waals surface area contributed by atoms with E-state index in [4.69, 9.17) is 9.96 Å². The Morgan fingerprint density at radius 3 is 2.56 bits per heavy atom. The predicted octanol–water partition coefficient (Wildman–Crippen LogP) is 1.33. The minimum absolute atomic E-state index is 0.000454. The zero-order valence-electron chi connectivity index (χ0n) is 10.4. The van der Waals surface area contributed by atoms with Crippen LogP contribution in [0, 0.1) is 11.3 Å². The quantitative estimate of drug-likeness (QED) is 0.311. The second-order valence-electron chi connectivity index (χ2n) is 4.02. The molecule has 0 bridgehead atoms. The summed E-state index contributed by atoms with van der Waals surface area (Å²) in [6.07, 6.45) is 2.99. The third kappa shape index (κ3) is 3.56. The number of rotatable bonds is 3. The summed E-state index contributed by atoms with van der Waals surface area (Å²) >= 11 is 0. The van der Waals surface area contributed by atoms with Crippen LogP contribution in [-0.2, 0) is 10.1 Å². The van der Waals surface area contributed by atoms with E-state index in [1.807, 2.05) is 6.92 Å². The molecule has 1 rings (SSSR count). The van der Waals surface area contributed by atoms with E-state index in [1.165, 1.54) is 13.0 Å². The maximum Gasteiger partial charge on any atom is 0.296 e. The fourth-order valence-corrected chi connectivity index (χ4v) is 2.30. The summed E-state index contributed by atoms with van der Waals surface area (Å²) in [6.45, 7) is 3.30. The molecular weight excluding hydrogens is 256 g/mol. The van der Waals surface area contributed by atoms with Crippen molar-refractivity contribution in [1.29, 1.82) is 5.41 Å². The van der Waals surface area contributed by atoms with Gasteiger partial charge in [-0.3, -0.25) is 9.96 Å². The van der Waals surface area contributed by atoms with E-state index < -0.39 is 10.1 Å². The average Bonchev–Trinajstić information content (AvgIpc) is 2.24. The molecule has 100 valence electrons. The third-order valence-corrected chi connectivity index (χ3v) is 3.39. The molecule has 3 N–H and O–H groups in total. The van der Waals surface area contributed by atoms with Crippen molar-refractivity contribution in [3.8, 4) is 0 Å². The highest BCUT2D eigenvalue weighted by Gasteiger charge is 2.27. The van der Waals surface area contributed by atoms with Gasteiger partial charge in [0.05, 0.1) is 0 Å². The van der Waals surface area contributed by atoms with Gasteiger partial charge >= 0.3 is 0 Å². The molecule has 1 aliphatic rings. The Balaban J connectivity index is 3.22. The molecule has 2 unspecified atom stereocenters. The molecule has 0 saturated carbocycles. The molecule has 0 fully saturated rings. The van der Waals surface area contributed by atoms with E-state index in [0.717, 1.165) is 0 Å². The van der Waals surface area contributed by atoms with Gasteiger partial charge in [-0.15, -0.1) is 10.2 Å². The van der Waals surface area contributed by atoms with Gasteiger partial charge in [0, 0.05) is 6.04 Å². The predicted molar refractivity (Wildman–Crippen MR) is 68.0 cm³/mol. The molecular formula is C10H16N4O3S. The van der Waals surface area contributed by atoms with Crippen LogP contribution in [0.5, 0.6) is 0 Å². The molecule has 0 aromatic carbocycles. The second kappa shape index (κ2) is 5.51. The van der Waals surface area contributed by atoms with Crippen LogP contribution < -0.4 is 5.32 Å². The highest BCUT2D eigenvalue weighted by Crippen LogP contribution is 2.27. The van der Waals surface area contributed by atoms with E-state index in [0.29, 0.717) is 0 Å². The average molecular weight is 272 g/mol. The van der Waals surface area contributed by atoms with Gasteiger partial charge in [-0.25, -0.2) is 0 Å². The van der Waals surface area contributed by atoms with Crippen LogP contribution >= 0.6 is 0 Å². The molecule has 7 nitrogen and oxygen atoms in total. The van der Waals surface area contributed by atoms with Crippen LogP contribution in [0.2, 0.25) is 0 Å². The normalized spacial score (nSPS) is 24.9. The fourth-order valence-electron chi connectivity index (χ4n) is 1.61. The Labute approximate surface area is 106 Å². The lowest BCUT2D eigenvalue weighted by molar-refractivity contribution is 0.486. The maximum atomic E-state index is 11.3. The van der Waals surface area contributed by atoms with Crippen molar-refractivity contribution in [3.63, 3.8) is 0 Å². The van der Waals surface area contributed by atoms with Gasteiger partial charge in [-0.05, 0) is 26.0 Å². The third-order valence-electron chi connectivity index (χ3n) is 2.49. The van der Waals surface area contributed by atoms with Crippen LogP contribution in [0.15, 0.2) is 33.0 Å². The first kappa shape index (κ1) is 14.7. The van der Waals surface area contributed by atoms with Crippen LogP contribution in [0.4, 0.5) is 0 Å². The van der Waals surface area contributed by atoms with Crippen LogP contribution in [0.1, 0.15) is 13.8 Å². The van der Waals surface area contributed by atoms with E-state index in [9.17, 15) is 8.42 Å². The largest absolute Gasteiger partial charge is 0.313 e. The summed E-state index contributed by atoms with van der Waals surface area (Å²) in [5, 5.41) is 17.2. The van der Waals surface area contributed by atoms with Gasteiger partial charge in [-0.2, -0.15) is 8.42 Å². The van der Waals surface area contributed by atoms with Gasteiger partial charge in [0.1, 0.15) is 16.4 Å². The molecule has 0 spiro atoms. The van der Waals surface area contributed by atoms with Crippen molar-refractivity contribution >= 4 is 16.0 Å². The summed E-state index contributed by atoms with van der Waals surface area (Å²) in [7, 11) is -2.66. The zero-order chi connectivity index (χ0) is 13.9. The molecule has 18 heavy (non-hydrogen) atoms. The van der Waals surface area contributed by atoms with Crippen molar-refractivity contribution in [2.45, 2.75) is 19.9 Å². The van der Waals surface area contributed by atoms with Gasteiger partial charge in [0.25, 0.3) is 10.1 Å². The first-order valence-electron chi connectivity index (χ1n) is 5.31. The van der Waals surface area contributed by atoms with Crippen molar-refractivity contribution in [3.05, 3.63) is 22.8 Å². The second-order valence-corrected chi connectivity index (χ2v) is 5.41. The minimum Gasteiger partial charge on any atom is -0.313 e. The Morgan fingerprint density at radius 2 is 2.11 bits per heavy atom. The molecule has 1 aliphatic carbocycles. The number of hydrogen-bond donors (Lipinski definition) is 3. The number of likely N-dealkylation sites (N-methyl/N-ethyl adjacent to an activating group) is 1. The Kier molecular flexibility index (Phi) is 4.49. The van der Waals surface area contributed by atoms with E-state index in [-0.39, 0.29) is 28.4 Å². The monoisotopic (exact) mass is 272 g/mol. The number of nitrogens with one attached hydrogen (secondary N) is 2. The maximum absolute atomic E-state index is 11.3. The zero-order valence-corrected chi connectivity index (χ0v) is 11.2. The number of azo groups is 1. The molecule has 2 atom stereocenters. The molecule has 0 amide bonds. The number of amidine groups is 1. The van der Waals surface area contributed by atoms with Crippen LogP contribution in [0.3, 0.4) is 0 Å². The van der Waals surface area contributed by atoms with Crippen molar-refractivity contribution < 1.29 is 13.0 Å². The first-order chi connectivity index (χ1) is 8.25. The van der Waals surface area contributed by atoms with Gasteiger partial charge in [0.15, 0.2) is 0 Å². The minimum atomic E-state index is -4.36. The summed E-state index contributed by atoms with van der Waals surface area (Å²) in [6, 6.07) is -0.207. The molecule has 0 aromatic heterocycles. The van der Waals surface area contributed by atoms with Crippen LogP contribution in [-0.4, -0.2) is 31.9 Å². The summed E-state index contributed by atoms with van der Waals surface area (Å²) in [5.41, 5.74) is 0.0584. The van der Waals surface area contributed by atoms with Gasteiger partial charge < -0.3 is 5.32 Å². The van der Waals surface area contributed by atoms with E-state index >= 15 is 0 Å². The number of hydrogen-bond acceptors (Lipinski definition) is 5. The lowest BCUT2D eigenvalue weighted by Gasteiger charge is -2.23. The molecule has 0 aromatic rings. The molecule has 0 radical (unpaired) electrons. The number of nitrogens with zero attached hydrogens (tertiary/aromatic N) is 2. The Bertz CT molecular complexity index is 533.